The molecule has 3 N–H and O–H groups in total. The van der Waals surface area contributed by atoms with Crippen molar-refractivity contribution < 1.29 is 5.11 Å². The number of aliphatic hydroxyl groups is 1. The molecule has 1 saturated carbocycles. The van der Waals surface area contributed by atoms with Crippen molar-refractivity contribution in [3.8, 4) is 5.69 Å². The van der Waals surface area contributed by atoms with Crippen LogP contribution in [-0.2, 0) is 5.60 Å². The number of anilines is 2. The molecule has 1 fully saturated rings. The molecule has 170 valence electrons. The summed E-state index contributed by atoms with van der Waals surface area (Å²) in [4.78, 5) is 21.0. The van der Waals surface area contributed by atoms with Gasteiger partial charge < -0.3 is 15.7 Å². The third-order valence-electron chi connectivity index (χ3n) is 6.01. The number of rotatable bonds is 6. The van der Waals surface area contributed by atoms with Crippen molar-refractivity contribution in [1.29, 1.82) is 0 Å². The molecule has 33 heavy (non-hydrogen) atoms. The van der Waals surface area contributed by atoms with Crippen LogP contribution < -0.4 is 16.2 Å². The van der Waals surface area contributed by atoms with Crippen molar-refractivity contribution in [1.82, 2.24) is 24.1 Å². The first-order valence-electron chi connectivity index (χ1n) is 11.1. The van der Waals surface area contributed by atoms with E-state index < -0.39 is 5.60 Å². The minimum Gasteiger partial charge on any atom is -0.386 e. The van der Waals surface area contributed by atoms with Crippen molar-refractivity contribution in [2.75, 3.05) is 10.6 Å². The predicted molar refractivity (Wildman–Crippen MR) is 127 cm³/mol. The summed E-state index contributed by atoms with van der Waals surface area (Å²) in [6, 6.07) is 13.1. The fraction of sp³-hybridized carbons (Fsp3) is 0.333. The van der Waals surface area contributed by atoms with Crippen LogP contribution in [0.1, 0.15) is 38.7 Å². The number of hydrogen-bond donors (Lipinski definition) is 3. The Labute approximate surface area is 191 Å². The Balaban J connectivity index is 1.20. The zero-order chi connectivity index (χ0) is 23.0. The summed E-state index contributed by atoms with van der Waals surface area (Å²) in [7, 11) is 0. The highest BCUT2D eigenvalue weighted by Crippen LogP contribution is 2.26. The molecule has 9 heteroatoms. The van der Waals surface area contributed by atoms with Crippen molar-refractivity contribution in [2.24, 2.45) is 0 Å². The molecule has 4 heterocycles. The summed E-state index contributed by atoms with van der Waals surface area (Å²) in [5.74, 6) is 1.38. The average molecular weight is 446 g/mol. The molecule has 9 nitrogen and oxygen atoms in total. The minimum absolute atomic E-state index is 0.0819. The van der Waals surface area contributed by atoms with E-state index >= 15 is 0 Å². The van der Waals surface area contributed by atoms with Gasteiger partial charge in [-0.3, -0.25) is 9.36 Å². The van der Waals surface area contributed by atoms with Crippen LogP contribution in [0.5, 0.6) is 0 Å². The highest BCUT2D eigenvalue weighted by molar-refractivity contribution is 5.47. The van der Waals surface area contributed by atoms with E-state index in [0.29, 0.717) is 17.6 Å². The van der Waals surface area contributed by atoms with Gasteiger partial charge >= 0.3 is 0 Å². The minimum atomic E-state index is -0.922. The molecule has 1 aliphatic rings. The van der Waals surface area contributed by atoms with Gasteiger partial charge in [-0.1, -0.05) is 6.07 Å². The van der Waals surface area contributed by atoms with E-state index in [9.17, 15) is 9.90 Å². The zero-order valence-electron chi connectivity index (χ0n) is 18.6. The fourth-order valence-electron chi connectivity index (χ4n) is 4.21. The molecule has 5 rings (SSSR count). The maximum atomic E-state index is 12.0. The van der Waals surface area contributed by atoms with Crippen LogP contribution in [0.25, 0.3) is 11.3 Å². The van der Waals surface area contributed by atoms with Crippen LogP contribution in [-0.4, -0.2) is 41.3 Å². The lowest BCUT2D eigenvalue weighted by Crippen LogP contribution is -2.21. The first kappa shape index (κ1) is 21.1. The quantitative estimate of drug-likeness (QED) is 0.419. The predicted octanol–water partition coefficient (Wildman–Crippen LogP) is 2.95. The molecule has 0 saturated heterocycles. The Kier molecular flexibility index (Phi) is 5.33. The zero-order valence-corrected chi connectivity index (χ0v) is 18.6. The average Bonchev–Trinajstić information content (AvgIpc) is 3.40. The van der Waals surface area contributed by atoms with Crippen molar-refractivity contribution >= 4 is 17.4 Å². The van der Waals surface area contributed by atoms with Gasteiger partial charge in [-0.05, 0) is 69.0 Å². The smallest absolute Gasteiger partial charge is 0.255 e. The highest BCUT2D eigenvalue weighted by Gasteiger charge is 2.26. The molecule has 0 unspecified atom stereocenters. The number of nitrogens with zero attached hydrogens (tertiary/aromatic N) is 5. The van der Waals surface area contributed by atoms with Crippen LogP contribution in [0.15, 0.2) is 65.8 Å². The van der Waals surface area contributed by atoms with Crippen LogP contribution in [0.4, 0.5) is 11.8 Å². The Morgan fingerprint density at radius 3 is 2.61 bits per heavy atom. The Morgan fingerprint density at radius 1 is 1.06 bits per heavy atom. The van der Waals surface area contributed by atoms with E-state index in [0.717, 1.165) is 36.3 Å². The first-order valence-corrected chi connectivity index (χ1v) is 11.1. The van der Waals surface area contributed by atoms with Gasteiger partial charge in [0.25, 0.3) is 5.56 Å². The molecule has 4 aromatic rings. The van der Waals surface area contributed by atoms with Crippen molar-refractivity contribution in [3.05, 3.63) is 77.0 Å². The van der Waals surface area contributed by atoms with Crippen LogP contribution in [0.2, 0.25) is 0 Å². The summed E-state index contributed by atoms with van der Waals surface area (Å²) in [5, 5.41) is 21.7. The van der Waals surface area contributed by atoms with Crippen molar-refractivity contribution in [2.45, 2.75) is 50.8 Å². The first-order chi connectivity index (χ1) is 15.8. The van der Waals surface area contributed by atoms with Gasteiger partial charge in [0.2, 0.25) is 5.95 Å². The molecular weight excluding hydrogens is 418 g/mol. The summed E-state index contributed by atoms with van der Waals surface area (Å²) < 4.78 is 3.28. The summed E-state index contributed by atoms with van der Waals surface area (Å²) in [6.07, 6.45) is 8.19. The number of aromatic nitrogens is 5. The lowest BCUT2D eigenvalue weighted by molar-refractivity contribution is 0.0786. The van der Waals surface area contributed by atoms with Gasteiger partial charge in [0, 0.05) is 30.5 Å². The number of fused-ring (bicyclic) bond motifs is 1. The summed E-state index contributed by atoms with van der Waals surface area (Å²) in [5.41, 5.74) is 1.24. The third kappa shape index (κ3) is 4.58. The van der Waals surface area contributed by atoms with E-state index in [1.807, 2.05) is 36.5 Å². The standard InChI is InChI=1S/C24H27N7O2/c1-24(2,33)16-10-12-31-21(13-16)28-23(29-31)27-18-7-6-17(14-18)26-20-9-8-19(15-25-20)30-11-4-3-5-22(30)32/h3-5,8-13,15,17-18,33H,6-7,14H2,1-2H3,(H,25,26)(H,27,29)/t17-,18-/m0/s1. The highest BCUT2D eigenvalue weighted by atomic mass is 16.3. The van der Waals surface area contributed by atoms with Crippen molar-refractivity contribution in [3.63, 3.8) is 0 Å². The monoisotopic (exact) mass is 445 g/mol. The van der Waals surface area contributed by atoms with Gasteiger partial charge in [-0.25, -0.2) is 9.50 Å². The molecule has 1 aliphatic carbocycles. The number of hydrogen-bond acceptors (Lipinski definition) is 7. The molecule has 0 radical (unpaired) electrons. The molecule has 2 atom stereocenters. The van der Waals surface area contributed by atoms with E-state index in [-0.39, 0.29) is 11.6 Å². The van der Waals surface area contributed by atoms with Gasteiger partial charge in [-0.15, -0.1) is 5.10 Å². The number of pyridine rings is 3. The van der Waals surface area contributed by atoms with Gasteiger partial charge in [0.05, 0.1) is 17.5 Å². The van der Waals surface area contributed by atoms with Crippen LogP contribution in [0.3, 0.4) is 0 Å². The van der Waals surface area contributed by atoms with E-state index in [4.69, 9.17) is 0 Å². The van der Waals surface area contributed by atoms with Crippen LogP contribution >= 0.6 is 0 Å². The lowest BCUT2D eigenvalue weighted by Gasteiger charge is -2.17. The maximum absolute atomic E-state index is 12.0. The largest absolute Gasteiger partial charge is 0.386 e. The molecule has 4 aromatic heterocycles. The van der Waals surface area contributed by atoms with Crippen LogP contribution in [0, 0.1) is 0 Å². The molecule has 0 aromatic carbocycles. The lowest BCUT2D eigenvalue weighted by atomic mass is 10.00. The molecule has 0 bridgehead atoms. The Morgan fingerprint density at radius 2 is 1.88 bits per heavy atom. The molecular formula is C24H27N7O2. The topological polar surface area (TPSA) is 109 Å². The molecule has 0 aliphatic heterocycles. The van der Waals surface area contributed by atoms with E-state index in [1.54, 1.807) is 41.4 Å². The fourth-order valence-corrected chi connectivity index (χ4v) is 4.21. The normalized spacial score (nSPS) is 18.5. The summed E-state index contributed by atoms with van der Waals surface area (Å²) in [6.45, 7) is 3.51. The van der Waals surface area contributed by atoms with Gasteiger partial charge in [-0.2, -0.15) is 4.98 Å². The second kappa shape index (κ2) is 8.32. The third-order valence-corrected chi connectivity index (χ3v) is 6.01. The van der Waals surface area contributed by atoms with E-state index in [1.165, 1.54) is 6.07 Å². The SMILES string of the molecule is CC(C)(O)c1ccn2nc(N[C@H]3CC[C@H](Nc4ccc(-n5ccccc5=O)cn4)C3)nc2c1. The van der Waals surface area contributed by atoms with Gasteiger partial charge in [0.15, 0.2) is 5.65 Å². The molecule has 0 spiro atoms. The number of nitrogens with one attached hydrogen (secondary N) is 2. The second-order valence-corrected chi connectivity index (χ2v) is 9.02. The van der Waals surface area contributed by atoms with Gasteiger partial charge in [0.1, 0.15) is 5.82 Å². The Hall–Kier alpha value is -3.72. The maximum Gasteiger partial charge on any atom is 0.255 e. The Bertz CT molecular complexity index is 1320. The molecule has 0 amide bonds. The second-order valence-electron chi connectivity index (χ2n) is 9.02. The summed E-state index contributed by atoms with van der Waals surface area (Å²) >= 11 is 0. The van der Waals surface area contributed by atoms with E-state index in [2.05, 4.69) is 25.7 Å².